The third-order valence-electron chi connectivity index (χ3n) is 3.95. The predicted octanol–water partition coefficient (Wildman–Crippen LogP) is 4.15. The molecular weight excluding hydrogens is 411 g/mol. The van der Waals surface area contributed by atoms with Crippen LogP contribution >= 0.6 is 7.60 Å². The standard InChI is InChI=1S/C19H21N4O6P/c1-3-27-30(26,28-4-2)19-18(21-13-14-7-6-10-20-12-14)29-17(22-19)15-8-5-9-16(11-15)23(24)25/h5-12,21H,3-4,13H2,1-2H3. The van der Waals surface area contributed by atoms with Gasteiger partial charge in [0.1, 0.15) is 0 Å². The van der Waals surface area contributed by atoms with E-state index in [0.29, 0.717) is 12.1 Å². The number of pyridine rings is 1. The van der Waals surface area contributed by atoms with Crippen LogP contribution in [0, 0.1) is 10.1 Å². The van der Waals surface area contributed by atoms with Crippen LogP contribution in [0.25, 0.3) is 11.5 Å². The molecule has 3 aromatic rings. The lowest BCUT2D eigenvalue weighted by Crippen LogP contribution is -2.16. The SMILES string of the molecule is CCOP(=O)(OCC)c1nc(-c2cccc([N+](=O)[O-])c2)oc1NCc1cccnc1. The Labute approximate surface area is 172 Å². The molecule has 0 atom stereocenters. The fourth-order valence-electron chi connectivity index (χ4n) is 2.67. The summed E-state index contributed by atoms with van der Waals surface area (Å²) in [6, 6.07) is 9.47. The third-order valence-corrected chi connectivity index (χ3v) is 5.96. The summed E-state index contributed by atoms with van der Waals surface area (Å²) in [6.45, 7) is 3.98. The quantitative estimate of drug-likeness (QED) is 0.285. The number of rotatable bonds is 10. The summed E-state index contributed by atoms with van der Waals surface area (Å²) in [6.07, 6.45) is 3.33. The molecule has 0 unspecified atom stereocenters. The molecule has 2 aromatic heterocycles. The van der Waals surface area contributed by atoms with E-state index in [9.17, 15) is 14.7 Å². The Morgan fingerprint density at radius 3 is 2.60 bits per heavy atom. The van der Waals surface area contributed by atoms with Gasteiger partial charge in [-0.2, -0.15) is 4.98 Å². The maximum absolute atomic E-state index is 13.3. The first-order valence-electron chi connectivity index (χ1n) is 9.25. The van der Waals surface area contributed by atoms with Crippen molar-refractivity contribution in [1.29, 1.82) is 0 Å². The molecule has 0 amide bonds. The molecule has 0 aliphatic heterocycles. The highest BCUT2D eigenvalue weighted by molar-refractivity contribution is 7.62. The normalized spacial score (nSPS) is 11.4. The fourth-order valence-corrected chi connectivity index (χ4v) is 4.26. The van der Waals surface area contributed by atoms with Crippen molar-refractivity contribution in [3.63, 3.8) is 0 Å². The van der Waals surface area contributed by atoms with E-state index in [2.05, 4.69) is 15.3 Å². The van der Waals surface area contributed by atoms with E-state index in [1.54, 1.807) is 38.4 Å². The van der Waals surface area contributed by atoms with Crippen LogP contribution in [0.15, 0.2) is 53.2 Å². The molecule has 0 spiro atoms. The third kappa shape index (κ3) is 4.91. The van der Waals surface area contributed by atoms with Crippen LogP contribution in [-0.2, 0) is 20.2 Å². The van der Waals surface area contributed by atoms with E-state index >= 15 is 0 Å². The topological polar surface area (TPSA) is 130 Å². The summed E-state index contributed by atoms with van der Waals surface area (Å²) in [5, 5.41) is 14.1. The smallest absolute Gasteiger partial charge is 0.385 e. The summed E-state index contributed by atoms with van der Waals surface area (Å²) < 4.78 is 30.0. The van der Waals surface area contributed by atoms with Gasteiger partial charge in [0, 0.05) is 36.6 Å². The van der Waals surface area contributed by atoms with Gasteiger partial charge in [-0.25, -0.2) is 0 Å². The summed E-state index contributed by atoms with van der Waals surface area (Å²) in [7, 11) is -3.78. The second-order valence-electron chi connectivity index (χ2n) is 6.03. The summed E-state index contributed by atoms with van der Waals surface area (Å²) in [5.41, 5.74) is 1.09. The zero-order valence-corrected chi connectivity index (χ0v) is 17.4. The number of benzene rings is 1. The molecule has 11 heteroatoms. The molecule has 0 fully saturated rings. The van der Waals surface area contributed by atoms with E-state index in [1.165, 1.54) is 18.2 Å². The first-order valence-corrected chi connectivity index (χ1v) is 10.8. The number of non-ortho nitro benzene ring substituents is 1. The number of anilines is 1. The molecule has 0 bridgehead atoms. The summed E-state index contributed by atoms with van der Waals surface area (Å²) >= 11 is 0. The van der Waals surface area contributed by atoms with Gasteiger partial charge in [-0.3, -0.25) is 19.7 Å². The van der Waals surface area contributed by atoms with Crippen LogP contribution < -0.4 is 10.8 Å². The van der Waals surface area contributed by atoms with Crippen molar-refractivity contribution in [2.45, 2.75) is 20.4 Å². The van der Waals surface area contributed by atoms with Crippen molar-refractivity contribution in [3.8, 4) is 11.5 Å². The van der Waals surface area contributed by atoms with Gasteiger partial charge < -0.3 is 18.8 Å². The zero-order chi connectivity index (χ0) is 21.6. The van der Waals surface area contributed by atoms with Gasteiger partial charge in [0.05, 0.1) is 18.1 Å². The lowest BCUT2D eigenvalue weighted by Gasteiger charge is -2.15. The Hall–Kier alpha value is -3.07. The molecule has 10 nitrogen and oxygen atoms in total. The molecule has 158 valence electrons. The molecule has 0 aliphatic rings. The first kappa shape index (κ1) is 21.6. The second-order valence-corrected chi connectivity index (χ2v) is 7.96. The van der Waals surface area contributed by atoms with Gasteiger partial charge in [0.15, 0.2) is 0 Å². The minimum atomic E-state index is -3.78. The number of nitrogens with zero attached hydrogens (tertiary/aromatic N) is 3. The molecule has 0 radical (unpaired) electrons. The Morgan fingerprint density at radius 2 is 1.97 bits per heavy atom. The molecule has 30 heavy (non-hydrogen) atoms. The van der Waals surface area contributed by atoms with Crippen LogP contribution in [0.1, 0.15) is 19.4 Å². The Bertz CT molecular complexity index is 1050. The highest BCUT2D eigenvalue weighted by Crippen LogP contribution is 2.49. The van der Waals surface area contributed by atoms with Crippen molar-refractivity contribution in [3.05, 3.63) is 64.5 Å². The Balaban J connectivity index is 2.03. The first-order chi connectivity index (χ1) is 14.5. The van der Waals surface area contributed by atoms with Crippen molar-refractivity contribution in [2.75, 3.05) is 18.5 Å². The number of nitrogens with one attached hydrogen (secondary N) is 1. The average molecular weight is 432 g/mol. The van der Waals surface area contributed by atoms with Gasteiger partial charge in [-0.15, -0.1) is 0 Å². The van der Waals surface area contributed by atoms with E-state index in [0.717, 1.165) is 5.56 Å². The average Bonchev–Trinajstić information content (AvgIpc) is 3.19. The molecule has 1 aromatic carbocycles. The fraction of sp³-hybridized carbons (Fsp3) is 0.263. The van der Waals surface area contributed by atoms with Crippen LogP contribution in [-0.4, -0.2) is 28.1 Å². The predicted molar refractivity (Wildman–Crippen MR) is 111 cm³/mol. The summed E-state index contributed by atoms with van der Waals surface area (Å²) in [5.74, 6) is 0.160. The largest absolute Gasteiger partial charge is 0.420 e. The number of hydrogen-bond acceptors (Lipinski definition) is 9. The molecule has 1 N–H and O–H groups in total. The van der Waals surface area contributed by atoms with Gasteiger partial charge >= 0.3 is 7.60 Å². The van der Waals surface area contributed by atoms with E-state index in [4.69, 9.17) is 13.5 Å². The maximum atomic E-state index is 13.3. The molecule has 0 aliphatic carbocycles. The van der Waals surface area contributed by atoms with Gasteiger partial charge in [0.2, 0.25) is 17.2 Å². The zero-order valence-electron chi connectivity index (χ0n) is 16.5. The molecule has 0 saturated heterocycles. The van der Waals surface area contributed by atoms with Crippen LogP contribution in [0.4, 0.5) is 11.6 Å². The molecule has 0 saturated carbocycles. The lowest BCUT2D eigenvalue weighted by atomic mass is 10.2. The molecular formula is C19H21N4O6P. The van der Waals surface area contributed by atoms with Gasteiger partial charge in [-0.1, -0.05) is 12.1 Å². The van der Waals surface area contributed by atoms with Gasteiger partial charge in [-0.05, 0) is 31.5 Å². The Morgan fingerprint density at radius 1 is 1.20 bits per heavy atom. The second kappa shape index (κ2) is 9.62. The number of aromatic nitrogens is 2. The van der Waals surface area contributed by atoms with Gasteiger partial charge in [0.25, 0.3) is 5.69 Å². The summed E-state index contributed by atoms with van der Waals surface area (Å²) in [4.78, 5) is 19.0. The monoisotopic (exact) mass is 432 g/mol. The van der Waals surface area contributed by atoms with Crippen molar-refractivity contribution >= 4 is 24.6 Å². The van der Waals surface area contributed by atoms with E-state index < -0.39 is 12.5 Å². The number of hydrogen-bond donors (Lipinski definition) is 1. The van der Waals surface area contributed by atoms with E-state index in [1.807, 2.05) is 6.07 Å². The maximum Gasteiger partial charge on any atom is 0.385 e. The van der Waals surface area contributed by atoms with Crippen LogP contribution in [0.5, 0.6) is 0 Å². The number of oxazole rings is 1. The van der Waals surface area contributed by atoms with E-state index in [-0.39, 0.29) is 36.1 Å². The molecule has 3 rings (SSSR count). The number of nitro groups is 1. The minimum Gasteiger partial charge on any atom is -0.420 e. The highest BCUT2D eigenvalue weighted by atomic mass is 31.2. The highest BCUT2D eigenvalue weighted by Gasteiger charge is 2.36. The molecule has 2 heterocycles. The Kier molecular flexibility index (Phi) is 6.94. The van der Waals surface area contributed by atoms with Crippen molar-refractivity contribution in [1.82, 2.24) is 9.97 Å². The van der Waals surface area contributed by atoms with Crippen LogP contribution in [0.2, 0.25) is 0 Å². The number of nitro benzene ring substituents is 1. The van der Waals surface area contributed by atoms with Crippen LogP contribution in [0.3, 0.4) is 0 Å². The lowest BCUT2D eigenvalue weighted by molar-refractivity contribution is -0.384. The van der Waals surface area contributed by atoms with Crippen molar-refractivity contribution in [2.24, 2.45) is 0 Å². The minimum absolute atomic E-state index is 0.0170. The van der Waals surface area contributed by atoms with Crippen molar-refractivity contribution < 1.29 is 23.0 Å².